The van der Waals surface area contributed by atoms with E-state index in [2.05, 4.69) is 84.9 Å². The van der Waals surface area contributed by atoms with Crippen LogP contribution >= 0.6 is 31.9 Å². The van der Waals surface area contributed by atoms with Gasteiger partial charge in [0.05, 0.1) is 68.2 Å². The number of aromatic nitrogens is 4. The van der Waals surface area contributed by atoms with Gasteiger partial charge in [0.15, 0.2) is 19.1 Å². The van der Waals surface area contributed by atoms with Gasteiger partial charge < -0.3 is 67.7 Å². The molecule has 0 unspecified atom stereocenters. The van der Waals surface area contributed by atoms with Crippen LogP contribution in [0.25, 0.3) is 11.1 Å². The SMILES string of the molecule is COCCOCOc1ncc(C)cc1Br.COCCOCOc1ncc(C)cc1C#C[C@]1(CN2Cc3ccc(OC)cc3C2=O)NC(=O)NC1=O.COc1ccc2c(c1)C(=O)N(C[C@@]1(c3cc4cc(C)cnc4o3)NC(=O)NC1=O)C2.Cc1c[nH]c(=O)c(Br)c1. The van der Waals surface area contributed by atoms with Crippen LogP contribution in [0.15, 0.2) is 110 Å². The first-order valence-electron chi connectivity index (χ1n) is 27.6. The number of aryl methyl sites for hydroxylation is 4. The molecule has 90 heavy (non-hydrogen) atoms. The van der Waals surface area contributed by atoms with E-state index in [1.807, 2.05) is 45.9 Å². The van der Waals surface area contributed by atoms with Crippen LogP contribution in [0.3, 0.4) is 0 Å². The van der Waals surface area contributed by atoms with E-state index in [4.69, 9.17) is 42.3 Å². The lowest BCUT2D eigenvalue weighted by Gasteiger charge is -2.28. The lowest BCUT2D eigenvalue weighted by atomic mass is 9.95. The van der Waals surface area contributed by atoms with Crippen molar-refractivity contribution in [1.82, 2.24) is 51.0 Å². The molecule has 9 heterocycles. The third-order valence-corrected chi connectivity index (χ3v) is 15.0. The predicted octanol–water partition coefficient (Wildman–Crippen LogP) is 6.42. The van der Waals surface area contributed by atoms with Crippen molar-refractivity contribution in [3.8, 4) is 35.1 Å². The van der Waals surface area contributed by atoms with Crippen LogP contribution < -0.4 is 45.8 Å². The fourth-order valence-corrected chi connectivity index (χ4v) is 10.4. The largest absolute Gasteiger partial charge is 0.497 e. The van der Waals surface area contributed by atoms with Crippen LogP contribution in [0, 0.1) is 39.5 Å². The Hall–Kier alpha value is -9.24. The highest BCUT2D eigenvalue weighted by molar-refractivity contribution is 9.10. The van der Waals surface area contributed by atoms with Crippen molar-refractivity contribution in [3.63, 3.8) is 0 Å². The van der Waals surface area contributed by atoms with E-state index in [0.29, 0.717) is 82.6 Å². The van der Waals surface area contributed by atoms with E-state index in [1.165, 1.54) is 24.0 Å². The monoisotopic (exact) mass is 1360 g/mol. The number of nitrogens with zero attached hydrogens (tertiary/aromatic N) is 5. The molecule has 11 rings (SSSR count). The van der Waals surface area contributed by atoms with Gasteiger partial charge in [-0.25, -0.2) is 24.5 Å². The Morgan fingerprint density at radius 3 is 1.69 bits per heavy atom. The summed E-state index contributed by atoms with van der Waals surface area (Å²) in [6.45, 7) is 9.91. The molecule has 0 spiro atoms. The average molecular weight is 1370 g/mol. The topological polar surface area (TPSA) is 316 Å². The first kappa shape index (κ1) is 66.7. The number of carbonyl (C=O) groups is 6. The summed E-state index contributed by atoms with van der Waals surface area (Å²) in [5.41, 5.74) is 3.94. The summed E-state index contributed by atoms with van der Waals surface area (Å²) in [5.74, 6) is 6.13. The number of ether oxygens (including phenoxy) is 8. The maximum absolute atomic E-state index is 13.1. The number of halogens is 2. The molecule has 5 N–H and O–H groups in total. The number of hydrogen-bond donors (Lipinski definition) is 5. The number of H-pyrrole nitrogens is 1. The molecule has 0 radical (unpaired) electrons. The summed E-state index contributed by atoms with van der Waals surface area (Å²) in [4.78, 5) is 105. The lowest BCUT2D eigenvalue weighted by Crippen LogP contribution is -2.54. The van der Waals surface area contributed by atoms with Crippen LogP contribution in [-0.4, -0.2) is 153 Å². The van der Waals surface area contributed by atoms with Crippen LogP contribution in [0.2, 0.25) is 0 Å². The highest BCUT2D eigenvalue weighted by atomic mass is 79.9. The molecule has 4 aliphatic rings. The van der Waals surface area contributed by atoms with Gasteiger partial charge >= 0.3 is 12.1 Å². The number of benzene rings is 2. The van der Waals surface area contributed by atoms with Gasteiger partial charge in [0.25, 0.3) is 29.2 Å². The minimum atomic E-state index is -1.66. The Balaban J connectivity index is 0.000000172. The molecule has 0 saturated carbocycles. The number of methoxy groups -OCH3 is 4. The van der Waals surface area contributed by atoms with E-state index in [-0.39, 0.29) is 62.2 Å². The van der Waals surface area contributed by atoms with Crippen LogP contribution in [0.1, 0.15) is 65.4 Å². The van der Waals surface area contributed by atoms with Crippen molar-refractivity contribution in [1.29, 1.82) is 0 Å². The normalized spacial score (nSPS) is 16.8. The van der Waals surface area contributed by atoms with Crippen molar-refractivity contribution in [2.75, 3.05) is 81.5 Å². The summed E-state index contributed by atoms with van der Waals surface area (Å²) in [5, 5.41) is 10.5. The number of urea groups is 2. The van der Waals surface area contributed by atoms with Gasteiger partial charge in [-0.2, -0.15) is 0 Å². The Bertz CT molecular complexity index is 3960. The molecule has 2 saturated heterocycles. The second-order valence-corrected chi connectivity index (χ2v) is 22.3. The zero-order valence-corrected chi connectivity index (χ0v) is 53.4. The summed E-state index contributed by atoms with van der Waals surface area (Å²) >= 11 is 6.46. The number of nitrogens with one attached hydrogen (secondary N) is 5. The van der Waals surface area contributed by atoms with E-state index in [1.54, 1.807) is 87.5 Å². The average Bonchev–Trinajstić information content (AvgIpc) is 1.65. The smallest absolute Gasteiger partial charge is 0.323 e. The number of imide groups is 2. The first-order chi connectivity index (χ1) is 43.2. The van der Waals surface area contributed by atoms with Gasteiger partial charge in [0, 0.05) is 68.6 Å². The third-order valence-electron chi connectivity index (χ3n) is 13.8. The molecule has 28 heteroatoms. The van der Waals surface area contributed by atoms with Crippen LogP contribution in [0.4, 0.5) is 9.59 Å². The fourth-order valence-electron chi connectivity index (χ4n) is 9.32. The maximum Gasteiger partial charge on any atom is 0.323 e. The molecule has 8 amide bonds. The molecule has 4 aliphatic heterocycles. The molecule has 2 fully saturated rings. The summed E-state index contributed by atoms with van der Waals surface area (Å²) < 4.78 is 48.8. The van der Waals surface area contributed by atoms with Gasteiger partial charge in [0.2, 0.25) is 23.0 Å². The van der Waals surface area contributed by atoms with Gasteiger partial charge in [-0.3, -0.25) is 34.6 Å². The zero-order chi connectivity index (χ0) is 64.7. The van der Waals surface area contributed by atoms with Crippen molar-refractivity contribution < 1.29 is 71.1 Å². The van der Waals surface area contributed by atoms with Gasteiger partial charge in [-0.15, -0.1) is 0 Å². The van der Waals surface area contributed by atoms with E-state index >= 15 is 0 Å². The summed E-state index contributed by atoms with van der Waals surface area (Å²) in [6.07, 6.45) is 6.69. The minimum absolute atomic E-state index is 0.0690. The molecule has 5 aromatic heterocycles. The fraction of sp³-hybridized carbons (Fsp3) is 0.323. The molecule has 2 atom stereocenters. The van der Waals surface area contributed by atoms with Gasteiger partial charge in [0.1, 0.15) is 17.3 Å². The Labute approximate surface area is 533 Å². The number of pyridine rings is 4. The standard InChI is InChI=1S/C25H26N4O7.C21H18N4O5.C10H14BrNO3.C6H6BrNO/c1-16-10-17(21(26-12-16)36-15-35-9-8-33-2)6-7-25(23(31)27-24(32)28-25)14-29-13-18-4-5-19(34-3)11-20(18)22(29)30;1-11-5-13-6-16(30-17(13)22-8-11)21(19(27)23-20(28)24-21)10-25-9-12-3-4-14(29-2)7-15(12)18(25)26;1-8-5-9(11)10(12-6-8)15-7-14-4-3-13-2;1-4-2-5(7)6(9)8-3-4/h4-5,10-12H,8-9,13-15H2,1-3H3,(H2,27,28,31,32);3-8H,9-10H2,1-2H3,(H2,23,24,27,28);5-6H,3-4,7H2,1-2H3;2-3H,1H3,(H,8,9)/t25-;21-;;/m10../s1. The van der Waals surface area contributed by atoms with Crippen LogP contribution in [0.5, 0.6) is 23.3 Å². The molecule has 7 aromatic rings. The van der Waals surface area contributed by atoms with Gasteiger partial charge in [-0.1, -0.05) is 24.0 Å². The minimum Gasteiger partial charge on any atom is -0.497 e. The predicted molar refractivity (Wildman–Crippen MR) is 331 cm³/mol. The van der Waals surface area contributed by atoms with E-state index in [9.17, 15) is 33.6 Å². The molecule has 0 bridgehead atoms. The number of rotatable bonds is 19. The third kappa shape index (κ3) is 16.3. The molecule has 26 nitrogen and oxygen atoms in total. The Kier molecular flexibility index (Phi) is 22.5. The number of hydrogen-bond acceptors (Lipinski definition) is 19. The second kappa shape index (κ2) is 30.3. The number of carbonyl (C=O) groups excluding carboxylic acids is 6. The first-order valence-corrected chi connectivity index (χ1v) is 29.2. The Morgan fingerprint density at radius 1 is 0.600 bits per heavy atom. The molecular weight excluding hydrogens is 1300 g/mol. The number of aromatic amines is 1. The number of fused-ring (bicyclic) bond motifs is 3. The number of furan rings is 1. The number of amides is 8. The van der Waals surface area contributed by atoms with Gasteiger partial charge in [-0.05, 0) is 148 Å². The summed E-state index contributed by atoms with van der Waals surface area (Å²) in [6, 6.07) is 18.2. The van der Waals surface area contributed by atoms with E-state index in [0.717, 1.165) is 37.9 Å². The molecule has 0 aliphatic carbocycles. The maximum atomic E-state index is 13.1. The van der Waals surface area contributed by atoms with Crippen molar-refractivity contribution in [2.45, 2.75) is 51.9 Å². The van der Waals surface area contributed by atoms with Crippen molar-refractivity contribution >= 4 is 78.7 Å². The molecule has 2 aromatic carbocycles. The summed E-state index contributed by atoms with van der Waals surface area (Å²) in [7, 11) is 6.25. The highest BCUT2D eigenvalue weighted by Crippen LogP contribution is 2.35. The molecular formula is C62H64Br2N10O16. The Morgan fingerprint density at radius 2 is 1.14 bits per heavy atom. The zero-order valence-electron chi connectivity index (χ0n) is 50.3. The van der Waals surface area contributed by atoms with Crippen LogP contribution in [-0.2, 0) is 47.2 Å². The molecule has 472 valence electrons. The van der Waals surface area contributed by atoms with Crippen molar-refractivity contribution in [2.24, 2.45) is 0 Å². The quantitative estimate of drug-likeness (QED) is 0.0252. The lowest BCUT2D eigenvalue weighted by molar-refractivity contribution is -0.125. The highest BCUT2D eigenvalue weighted by Gasteiger charge is 2.53. The van der Waals surface area contributed by atoms with Crippen molar-refractivity contribution in [3.05, 3.63) is 167 Å². The van der Waals surface area contributed by atoms with E-state index < -0.39 is 35.0 Å². The second-order valence-electron chi connectivity index (χ2n) is 20.6.